The van der Waals surface area contributed by atoms with E-state index in [9.17, 15) is 25.0 Å². The SMILES string of the molecule is CCCN(CCC)c1cc([N+](=O)[O-])c(C(C)=O)cc1[N+](=O)[O-]. The zero-order valence-corrected chi connectivity index (χ0v) is 12.9. The van der Waals surface area contributed by atoms with Crippen LogP contribution in [0.15, 0.2) is 12.1 Å². The third kappa shape index (κ3) is 3.78. The molecule has 0 spiro atoms. The monoisotopic (exact) mass is 309 g/mol. The van der Waals surface area contributed by atoms with Crippen LogP contribution in [0.5, 0.6) is 0 Å². The number of nitro benzene ring substituents is 2. The molecule has 1 aromatic carbocycles. The Labute approximate surface area is 128 Å². The lowest BCUT2D eigenvalue weighted by molar-refractivity contribution is -0.388. The molecule has 0 aliphatic carbocycles. The number of nitrogens with zero attached hydrogens (tertiary/aromatic N) is 3. The van der Waals surface area contributed by atoms with Gasteiger partial charge in [-0.3, -0.25) is 25.0 Å². The first kappa shape index (κ1) is 17.5. The number of carbonyl (C=O) groups excluding carboxylic acids is 1. The molecule has 8 nitrogen and oxygen atoms in total. The average molecular weight is 309 g/mol. The molecule has 0 bridgehead atoms. The van der Waals surface area contributed by atoms with Crippen molar-refractivity contribution in [1.29, 1.82) is 0 Å². The van der Waals surface area contributed by atoms with Crippen LogP contribution in [-0.2, 0) is 0 Å². The second-order valence-corrected chi connectivity index (χ2v) is 4.92. The van der Waals surface area contributed by atoms with Gasteiger partial charge in [-0.05, 0) is 19.8 Å². The molecule has 0 aromatic heterocycles. The predicted octanol–water partition coefficient (Wildman–Crippen LogP) is 3.33. The summed E-state index contributed by atoms with van der Waals surface area (Å²) in [5, 5.41) is 22.5. The second-order valence-electron chi connectivity index (χ2n) is 4.92. The maximum Gasteiger partial charge on any atom is 0.293 e. The van der Waals surface area contributed by atoms with Gasteiger partial charge >= 0.3 is 0 Å². The molecular formula is C14H19N3O5. The van der Waals surface area contributed by atoms with Gasteiger partial charge in [0.1, 0.15) is 11.3 Å². The van der Waals surface area contributed by atoms with Crippen LogP contribution in [-0.4, -0.2) is 28.7 Å². The quantitative estimate of drug-likeness (QED) is 0.414. The summed E-state index contributed by atoms with van der Waals surface area (Å²) in [6.45, 7) is 6.10. The van der Waals surface area contributed by atoms with Gasteiger partial charge in [-0.15, -0.1) is 0 Å². The van der Waals surface area contributed by atoms with Crippen LogP contribution in [0.3, 0.4) is 0 Å². The number of anilines is 1. The molecule has 0 aliphatic rings. The molecule has 0 aliphatic heterocycles. The molecule has 0 atom stereocenters. The first-order valence-electron chi connectivity index (χ1n) is 7.06. The van der Waals surface area contributed by atoms with E-state index in [4.69, 9.17) is 0 Å². The molecule has 0 saturated carbocycles. The van der Waals surface area contributed by atoms with Gasteiger partial charge < -0.3 is 4.90 Å². The lowest BCUT2D eigenvalue weighted by Gasteiger charge is -2.23. The standard InChI is InChI=1S/C14H19N3O5/c1-4-6-15(7-5-2)13-9-12(16(19)20)11(10(3)18)8-14(13)17(21)22/h8-9H,4-7H2,1-3H3. The van der Waals surface area contributed by atoms with E-state index in [2.05, 4.69) is 0 Å². The molecule has 0 heterocycles. The van der Waals surface area contributed by atoms with Crippen LogP contribution < -0.4 is 4.90 Å². The van der Waals surface area contributed by atoms with Gasteiger partial charge in [0.05, 0.1) is 9.85 Å². The Morgan fingerprint density at radius 1 is 1.05 bits per heavy atom. The largest absolute Gasteiger partial charge is 0.366 e. The molecule has 120 valence electrons. The first-order chi connectivity index (χ1) is 10.3. The van der Waals surface area contributed by atoms with Crippen LogP contribution in [0.1, 0.15) is 44.0 Å². The normalized spacial score (nSPS) is 10.3. The van der Waals surface area contributed by atoms with E-state index in [0.29, 0.717) is 13.1 Å². The van der Waals surface area contributed by atoms with Crippen molar-refractivity contribution in [1.82, 2.24) is 0 Å². The van der Waals surface area contributed by atoms with E-state index in [1.807, 2.05) is 13.8 Å². The summed E-state index contributed by atoms with van der Waals surface area (Å²) in [4.78, 5) is 34.4. The van der Waals surface area contributed by atoms with Crippen LogP contribution in [0.4, 0.5) is 17.1 Å². The molecule has 0 unspecified atom stereocenters. The maximum atomic E-state index is 11.5. The number of rotatable bonds is 8. The number of hydrogen-bond donors (Lipinski definition) is 0. The summed E-state index contributed by atoms with van der Waals surface area (Å²) in [5.41, 5.74) is -0.734. The zero-order valence-electron chi connectivity index (χ0n) is 12.9. The van der Waals surface area contributed by atoms with E-state index in [-0.39, 0.29) is 16.9 Å². The number of ketones is 1. The van der Waals surface area contributed by atoms with E-state index >= 15 is 0 Å². The van der Waals surface area contributed by atoms with Gasteiger partial charge in [-0.25, -0.2) is 0 Å². The molecule has 1 aromatic rings. The fraction of sp³-hybridized carbons (Fsp3) is 0.500. The van der Waals surface area contributed by atoms with Crippen molar-refractivity contribution in [3.63, 3.8) is 0 Å². The zero-order chi connectivity index (χ0) is 16.9. The fourth-order valence-electron chi connectivity index (χ4n) is 2.29. The topological polar surface area (TPSA) is 107 Å². The molecule has 0 fully saturated rings. The predicted molar refractivity (Wildman–Crippen MR) is 82.6 cm³/mol. The minimum absolute atomic E-state index is 0.186. The lowest BCUT2D eigenvalue weighted by atomic mass is 10.1. The number of nitro groups is 2. The number of carbonyl (C=O) groups is 1. The summed E-state index contributed by atoms with van der Waals surface area (Å²) >= 11 is 0. The van der Waals surface area contributed by atoms with Crippen LogP contribution in [0.2, 0.25) is 0 Å². The molecule has 8 heteroatoms. The van der Waals surface area contributed by atoms with E-state index < -0.39 is 21.3 Å². The molecule has 0 N–H and O–H groups in total. The molecule has 0 saturated heterocycles. The molecule has 22 heavy (non-hydrogen) atoms. The van der Waals surface area contributed by atoms with E-state index in [0.717, 1.165) is 31.9 Å². The highest BCUT2D eigenvalue weighted by atomic mass is 16.6. The Bertz CT molecular complexity index is 594. The number of Topliss-reactive ketones (excluding diaryl/α,β-unsaturated/α-hetero) is 1. The Morgan fingerprint density at radius 2 is 1.55 bits per heavy atom. The van der Waals surface area contributed by atoms with Crippen LogP contribution in [0, 0.1) is 20.2 Å². The van der Waals surface area contributed by atoms with Gasteiger partial charge in [0, 0.05) is 25.2 Å². The van der Waals surface area contributed by atoms with Crippen molar-refractivity contribution < 1.29 is 14.6 Å². The van der Waals surface area contributed by atoms with Gasteiger partial charge in [0.2, 0.25) is 0 Å². The lowest BCUT2D eigenvalue weighted by Crippen LogP contribution is -2.26. The van der Waals surface area contributed by atoms with Gasteiger partial charge in [-0.2, -0.15) is 0 Å². The van der Waals surface area contributed by atoms with Gasteiger partial charge in [0.25, 0.3) is 11.4 Å². The van der Waals surface area contributed by atoms with Crippen molar-refractivity contribution in [2.45, 2.75) is 33.6 Å². The van der Waals surface area contributed by atoms with E-state index in [1.54, 1.807) is 4.90 Å². The Balaban J connectivity index is 3.59. The molecule has 1 rings (SSSR count). The number of hydrogen-bond acceptors (Lipinski definition) is 6. The van der Waals surface area contributed by atoms with Gasteiger partial charge in [0.15, 0.2) is 5.78 Å². The summed E-state index contributed by atoms with van der Waals surface area (Å²) in [7, 11) is 0. The highest BCUT2D eigenvalue weighted by Crippen LogP contribution is 2.35. The molecule has 0 amide bonds. The highest BCUT2D eigenvalue weighted by Gasteiger charge is 2.28. The minimum atomic E-state index is -0.681. The Morgan fingerprint density at radius 3 is 1.91 bits per heavy atom. The maximum absolute atomic E-state index is 11.5. The van der Waals surface area contributed by atoms with Crippen LogP contribution >= 0.6 is 0 Å². The van der Waals surface area contributed by atoms with Crippen molar-refractivity contribution >= 4 is 22.8 Å². The highest BCUT2D eigenvalue weighted by molar-refractivity contribution is 6.00. The third-order valence-electron chi connectivity index (χ3n) is 3.19. The van der Waals surface area contributed by atoms with Crippen molar-refractivity contribution in [3.05, 3.63) is 37.9 Å². The van der Waals surface area contributed by atoms with Crippen LogP contribution in [0.25, 0.3) is 0 Å². The first-order valence-corrected chi connectivity index (χ1v) is 7.06. The van der Waals surface area contributed by atoms with Crippen molar-refractivity contribution in [2.75, 3.05) is 18.0 Å². The van der Waals surface area contributed by atoms with Gasteiger partial charge in [-0.1, -0.05) is 13.8 Å². The Kier molecular flexibility index (Phi) is 5.97. The molecular weight excluding hydrogens is 290 g/mol. The smallest absolute Gasteiger partial charge is 0.293 e. The summed E-state index contributed by atoms with van der Waals surface area (Å²) in [5.74, 6) is -0.570. The van der Waals surface area contributed by atoms with Crippen molar-refractivity contribution in [2.24, 2.45) is 0 Å². The fourth-order valence-corrected chi connectivity index (χ4v) is 2.29. The average Bonchev–Trinajstić information content (AvgIpc) is 2.45. The third-order valence-corrected chi connectivity index (χ3v) is 3.19. The minimum Gasteiger partial charge on any atom is -0.366 e. The van der Waals surface area contributed by atoms with E-state index in [1.165, 1.54) is 0 Å². The summed E-state index contributed by atoms with van der Waals surface area (Å²) in [6.07, 6.45) is 1.50. The number of benzene rings is 1. The van der Waals surface area contributed by atoms with Crippen molar-refractivity contribution in [3.8, 4) is 0 Å². The molecule has 0 radical (unpaired) electrons. The summed E-state index contributed by atoms with van der Waals surface area (Å²) in [6, 6.07) is 2.15. The Hall–Kier alpha value is -2.51. The summed E-state index contributed by atoms with van der Waals surface area (Å²) < 4.78 is 0. The second kappa shape index (κ2) is 7.48.